The lowest BCUT2D eigenvalue weighted by Crippen LogP contribution is -2.65. The Labute approximate surface area is 159 Å². The molecule has 2 aliphatic heterocycles. The third-order valence-corrected chi connectivity index (χ3v) is 7.50. The van der Waals surface area contributed by atoms with Gasteiger partial charge in [-0.2, -0.15) is 0 Å². The fourth-order valence-electron chi connectivity index (χ4n) is 6.05. The number of nitrogens with zero attached hydrogens (tertiary/aromatic N) is 3. The number of rotatable bonds is 5. The number of guanidine groups is 1. The summed E-state index contributed by atoms with van der Waals surface area (Å²) in [6.45, 7) is 9.22. The number of ether oxygens (including phenoxy) is 1. The van der Waals surface area contributed by atoms with Crippen molar-refractivity contribution in [2.24, 2.45) is 16.3 Å². The van der Waals surface area contributed by atoms with Gasteiger partial charge in [0.05, 0.1) is 6.10 Å². The fourth-order valence-corrected chi connectivity index (χ4v) is 6.05. The van der Waals surface area contributed by atoms with Crippen LogP contribution in [0.2, 0.25) is 0 Å². The lowest BCUT2D eigenvalue weighted by molar-refractivity contribution is -0.126. The molecule has 1 N–H and O–H groups in total. The minimum atomic E-state index is 0.376. The summed E-state index contributed by atoms with van der Waals surface area (Å²) in [5.41, 5.74) is 0.376. The van der Waals surface area contributed by atoms with E-state index in [9.17, 15) is 0 Å². The Balaban J connectivity index is 1.32. The zero-order valence-corrected chi connectivity index (χ0v) is 16.9. The Morgan fingerprint density at radius 1 is 1.15 bits per heavy atom. The third-order valence-electron chi connectivity index (χ3n) is 7.50. The molecule has 3 unspecified atom stereocenters. The highest BCUT2D eigenvalue weighted by Crippen LogP contribution is 2.54. The molecule has 0 amide bonds. The van der Waals surface area contributed by atoms with Gasteiger partial charge in [-0.3, -0.25) is 4.99 Å². The van der Waals surface area contributed by atoms with Crippen molar-refractivity contribution >= 4 is 5.96 Å². The van der Waals surface area contributed by atoms with E-state index in [0.717, 1.165) is 31.4 Å². The number of nitrogens with one attached hydrogen (secondary N) is 1. The molecule has 1 spiro atoms. The van der Waals surface area contributed by atoms with Crippen molar-refractivity contribution in [3.8, 4) is 0 Å². The zero-order chi connectivity index (χ0) is 18.0. The van der Waals surface area contributed by atoms with E-state index in [4.69, 9.17) is 4.74 Å². The zero-order valence-electron chi connectivity index (χ0n) is 16.9. The van der Waals surface area contributed by atoms with Crippen LogP contribution < -0.4 is 5.32 Å². The molecule has 2 saturated heterocycles. The summed E-state index contributed by atoms with van der Waals surface area (Å²) in [6.07, 6.45) is 11.1. The first-order valence-corrected chi connectivity index (χ1v) is 11.1. The van der Waals surface area contributed by atoms with E-state index in [0.29, 0.717) is 17.6 Å². The van der Waals surface area contributed by atoms with Crippen molar-refractivity contribution < 1.29 is 4.74 Å². The predicted octanol–water partition coefficient (Wildman–Crippen LogP) is 2.72. The second kappa shape index (κ2) is 8.05. The minimum absolute atomic E-state index is 0.376. The van der Waals surface area contributed by atoms with E-state index in [1.54, 1.807) is 0 Å². The van der Waals surface area contributed by atoms with Crippen LogP contribution in [0.1, 0.15) is 58.3 Å². The highest BCUT2D eigenvalue weighted by Gasteiger charge is 2.57. The SMILES string of the molecule is CCOC1CC(NC(=NC)N2CCC(CN3CCCC3)C2)C12CCCC2. The van der Waals surface area contributed by atoms with Crippen LogP contribution in [0.5, 0.6) is 0 Å². The summed E-state index contributed by atoms with van der Waals surface area (Å²) >= 11 is 0. The van der Waals surface area contributed by atoms with Crippen LogP contribution in [0.25, 0.3) is 0 Å². The highest BCUT2D eigenvalue weighted by molar-refractivity contribution is 5.80. The summed E-state index contributed by atoms with van der Waals surface area (Å²) < 4.78 is 6.08. The second-order valence-electron chi connectivity index (χ2n) is 8.97. The van der Waals surface area contributed by atoms with E-state index in [-0.39, 0.29) is 0 Å². The predicted molar refractivity (Wildman–Crippen MR) is 107 cm³/mol. The average Bonchev–Trinajstić information content (AvgIpc) is 3.39. The van der Waals surface area contributed by atoms with Crippen molar-refractivity contribution in [3.05, 3.63) is 0 Å². The Bertz CT molecular complexity index is 496. The van der Waals surface area contributed by atoms with Gasteiger partial charge in [-0.25, -0.2) is 0 Å². The van der Waals surface area contributed by atoms with Crippen LogP contribution in [0.4, 0.5) is 0 Å². The molecular weight excluding hydrogens is 324 g/mol. The molecule has 5 heteroatoms. The molecule has 2 aliphatic carbocycles. The molecule has 5 nitrogen and oxygen atoms in total. The van der Waals surface area contributed by atoms with Crippen molar-refractivity contribution in [1.29, 1.82) is 0 Å². The van der Waals surface area contributed by atoms with Gasteiger partial charge in [0.1, 0.15) is 0 Å². The largest absolute Gasteiger partial charge is 0.378 e. The molecule has 0 aromatic heterocycles. The maximum absolute atomic E-state index is 6.08. The van der Waals surface area contributed by atoms with E-state index < -0.39 is 0 Å². The number of aliphatic imine (C=N–C) groups is 1. The number of hydrogen-bond donors (Lipinski definition) is 1. The van der Waals surface area contributed by atoms with Gasteiger partial charge in [0, 0.05) is 44.7 Å². The fraction of sp³-hybridized carbons (Fsp3) is 0.952. The first-order chi connectivity index (χ1) is 12.7. The van der Waals surface area contributed by atoms with E-state index >= 15 is 0 Å². The van der Waals surface area contributed by atoms with Gasteiger partial charge >= 0.3 is 0 Å². The summed E-state index contributed by atoms with van der Waals surface area (Å²) in [4.78, 5) is 9.84. The number of hydrogen-bond acceptors (Lipinski definition) is 3. The van der Waals surface area contributed by atoms with E-state index in [1.807, 2.05) is 7.05 Å². The molecule has 0 radical (unpaired) electrons. The summed E-state index contributed by atoms with van der Waals surface area (Å²) in [7, 11) is 1.95. The van der Waals surface area contributed by atoms with E-state index in [2.05, 4.69) is 27.0 Å². The molecule has 4 fully saturated rings. The average molecular weight is 363 g/mol. The van der Waals surface area contributed by atoms with Crippen LogP contribution in [-0.4, -0.2) is 74.3 Å². The number of likely N-dealkylation sites (tertiary alicyclic amines) is 2. The standard InChI is InChI=1S/C21H38N4O/c1-3-26-19-14-18(21(19)9-4-5-10-21)23-20(22-2)25-13-8-17(16-25)15-24-11-6-7-12-24/h17-19H,3-16H2,1-2H3,(H,22,23). The van der Waals surface area contributed by atoms with Crippen molar-refractivity contribution in [2.75, 3.05) is 46.4 Å². The molecule has 26 heavy (non-hydrogen) atoms. The Morgan fingerprint density at radius 3 is 2.62 bits per heavy atom. The Morgan fingerprint density at radius 2 is 1.92 bits per heavy atom. The van der Waals surface area contributed by atoms with Gasteiger partial charge in [0.25, 0.3) is 0 Å². The molecule has 0 aromatic carbocycles. The summed E-state index contributed by atoms with van der Waals surface area (Å²) in [5, 5.41) is 3.86. The molecule has 2 saturated carbocycles. The topological polar surface area (TPSA) is 40.1 Å². The van der Waals surface area contributed by atoms with Crippen LogP contribution in [0.15, 0.2) is 4.99 Å². The van der Waals surface area contributed by atoms with Crippen molar-refractivity contribution in [3.63, 3.8) is 0 Å². The quantitative estimate of drug-likeness (QED) is 0.603. The highest BCUT2D eigenvalue weighted by atomic mass is 16.5. The Kier molecular flexibility index (Phi) is 5.75. The van der Waals surface area contributed by atoms with Gasteiger partial charge in [-0.15, -0.1) is 0 Å². The first-order valence-electron chi connectivity index (χ1n) is 11.1. The monoisotopic (exact) mass is 362 g/mol. The molecule has 3 atom stereocenters. The lowest BCUT2D eigenvalue weighted by atomic mass is 9.60. The second-order valence-corrected chi connectivity index (χ2v) is 8.97. The molecule has 2 heterocycles. The van der Waals surface area contributed by atoms with Gasteiger partial charge in [0.15, 0.2) is 5.96 Å². The van der Waals surface area contributed by atoms with Crippen LogP contribution in [-0.2, 0) is 4.74 Å². The lowest BCUT2D eigenvalue weighted by Gasteiger charge is -2.54. The molecule has 0 aromatic rings. The van der Waals surface area contributed by atoms with Crippen LogP contribution in [0, 0.1) is 11.3 Å². The Hall–Kier alpha value is -0.810. The molecule has 148 valence electrons. The van der Waals surface area contributed by atoms with Gasteiger partial charge < -0.3 is 19.9 Å². The smallest absolute Gasteiger partial charge is 0.193 e. The van der Waals surface area contributed by atoms with Gasteiger partial charge in [0.2, 0.25) is 0 Å². The summed E-state index contributed by atoms with van der Waals surface area (Å²) in [5.74, 6) is 1.95. The summed E-state index contributed by atoms with van der Waals surface area (Å²) in [6, 6.07) is 0.554. The third kappa shape index (κ3) is 3.49. The van der Waals surface area contributed by atoms with Crippen LogP contribution in [0.3, 0.4) is 0 Å². The van der Waals surface area contributed by atoms with Gasteiger partial charge in [-0.05, 0) is 64.5 Å². The van der Waals surface area contributed by atoms with Gasteiger partial charge in [-0.1, -0.05) is 12.8 Å². The van der Waals surface area contributed by atoms with Crippen LogP contribution >= 0.6 is 0 Å². The molecule has 4 aliphatic rings. The van der Waals surface area contributed by atoms with Crippen molar-refractivity contribution in [1.82, 2.24) is 15.1 Å². The normalized spacial score (nSPS) is 34.6. The maximum atomic E-state index is 6.08. The van der Waals surface area contributed by atoms with E-state index in [1.165, 1.54) is 71.1 Å². The van der Waals surface area contributed by atoms with Crippen molar-refractivity contribution in [2.45, 2.75) is 70.4 Å². The minimum Gasteiger partial charge on any atom is -0.378 e. The first kappa shape index (κ1) is 18.5. The molecule has 4 rings (SSSR count). The maximum Gasteiger partial charge on any atom is 0.193 e. The molecule has 0 bridgehead atoms. The molecular formula is C21H38N4O.